The van der Waals surface area contributed by atoms with E-state index in [-0.39, 0.29) is 5.91 Å². The number of pyridine rings is 1. The zero-order chi connectivity index (χ0) is 16.1. The highest BCUT2D eigenvalue weighted by Gasteiger charge is 2.06. The molecule has 23 heavy (non-hydrogen) atoms. The second-order valence-corrected chi connectivity index (χ2v) is 5.48. The smallest absolute Gasteiger partial charge is 0.220 e. The van der Waals surface area contributed by atoms with Gasteiger partial charge < -0.3 is 5.32 Å². The van der Waals surface area contributed by atoms with Crippen LogP contribution in [0.15, 0.2) is 48.9 Å². The summed E-state index contributed by atoms with van der Waals surface area (Å²) in [7, 11) is 0. The molecule has 0 atom stereocenters. The first-order valence-electron chi connectivity index (χ1n) is 7.92. The lowest BCUT2D eigenvalue weighted by Gasteiger charge is -2.06. The zero-order valence-corrected chi connectivity index (χ0v) is 13.2. The summed E-state index contributed by atoms with van der Waals surface area (Å²) in [5, 5.41) is 2.90. The van der Waals surface area contributed by atoms with Crippen molar-refractivity contribution in [1.82, 2.24) is 19.9 Å². The second kappa shape index (κ2) is 7.05. The topological polar surface area (TPSA) is 59.8 Å². The van der Waals surface area contributed by atoms with Crippen molar-refractivity contribution < 1.29 is 4.79 Å². The van der Waals surface area contributed by atoms with Crippen molar-refractivity contribution >= 4 is 17.1 Å². The lowest BCUT2D eigenvalue weighted by atomic mass is 10.1. The molecule has 2 aromatic heterocycles. The van der Waals surface area contributed by atoms with Gasteiger partial charge in [-0.2, -0.15) is 0 Å². The third-order valence-electron chi connectivity index (χ3n) is 3.73. The van der Waals surface area contributed by atoms with Crippen LogP contribution in [0, 0.1) is 0 Å². The predicted molar refractivity (Wildman–Crippen MR) is 90.5 cm³/mol. The molecule has 0 unspecified atom stereocenters. The minimum Gasteiger partial charge on any atom is -0.356 e. The van der Waals surface area contributed by atoms with Crippen LogP contribution < -0.4 is 5.32 Å². The first kappa shape index (κ1) is 15.2. The SMILES string of the molecule is CCCNC(=O)CCc1ccc(-n2cnc3cccnc32)cc1. The highest BCUT2D eigenvalue weighted by molar-refractivity contribution is 5.76. The maximum absolute atomic E-state index is 11.6. The molecule has 0 spiro atoms. The van der Waals surface area contributed by atoms with E-state index in [0.29, 0.717) is 6.42 Å². The Hall–Kier alpha value is -2.69. The zero-order valence-electron chi connectivity index (χ0n) is 13.2. The highest BCUT2D eigenvalue weighted by atomic mass is 16.1. The number of hydrogen-bond donors (Lipinski definition) is 1. The maximum Gasteiger partial charge on any atom is 0.220 e. The standard InChI is InChI=1S/C18H20N4O/c1-2-11-19-17(23)10-7-14-5-8-15(9-6-14)22-13-21-16-4-3-12-20-18(16)22/h3-6,8-9,12-13H,2,7,10-11H2,1H3,(H,19,23). The lowest BCUT2D eigenvalue weighted by Crippen LogP contribution is -2.24. The van der Waals surface area contributed by atoms with Crippen LogP contribution >= 0.6 is 0 Å². The van der Waals surface area contributed by atoms with Gasteiger partial charge in [-0.3, -0.25) is 9.36 Å². The van der Waals surface area contributed by atoms with Crippen molar-refractivity contribution in [2.75, 3.05) is 6.54 Å². The van der Waals surface area contributed by atoms with Crippen molar-refractivity contribution in [1.29, 1.82) is 0 Å². The van der Waals surface area contributed by atoms with Gasteiger partial charge in [0.25, 0.3) is 0 Å². The van der Waals surface area contributed by atoms with E-state index < -0.39 is 0 Å². The molecule has 1 aromatic carbocycles. The molecule has 0 saturated heterocycles. The molecule has 5 heteroatoms. The van der Waals surface area contributed by atoms with E-state index in [9.17, 15) is 4.79 Å². The third kappa shape index (κ3) is 3.56. The maximum atomic E-state index is 11.6. The molecule has 0 bridgehead atoms. The first-order chi connectivity index (χ1) is 11.3. The van der Waals surface area contributed by atoms with Gasteiger partial charge in [0.15, 0.2) is 5.65 Å². The fraction of sp³-hybridized carbons (Fsp3) is 0.278. The van der Waals surface area contributed by atoms with Gasteiger partial charge in [-0.25, -0.2) is 9.97 Å². The number of aromatic nitrogens is 3. The summed E-state index contributed by atoms with van der Waals surface area (Å²) in [4.78, 5) is 20.4. The number of nitrogens with zero attached hydrogens (tertiary/aromatic N) is 3. The summed E-state index contributed by atoms with van der Waals surface area (Å²) in [6.07, 6.45) is 5.79. The molecule has 0 saturated carbocycles. The van der Waals surface area contributed by atoms with Crippen LogP contribution in [0.3, 0.4) is 0 Å². The van der Waals surface area contributed by atoms with E-state index in [1.165, 1.54) is 0 Å². The van der Waals surface area contributed by atoms with Crippen molar-refractivity contribution in [3.05, 3.63) is 54.5 Å². The van der Waals surface area contributed by atoms with E-state index in [0.717, 1.165) is 41.8 Å². The Morgan fingerprint density at radius 1 is 1.17 bits per heavy atom. The lowest BCUT2D eigenvalue weighted by molar-refractivity contribution is -0.121. The quantitative estimate of drug-likeness (QED) is 0.761. The average molecular weight is 308 g/mol. The Kier molecular flexibility index (Phi) is 4.66. The Morgan fingerprint density at radius 3 is 2.78 bits per heavy atom. The Balaban J connectivity index is 1.69. The van der Waals surface area contributed by atoms with Gasteiger partial charge in [0.05, 0.1) is 0 Å². The summed E-state index contributed by atoms with van der Waals surface area (Å²) >= 11 is 0. The fourth-order valence-electron chi connectivity index (χ4n) is 2.47. The Morgan fingerprint density at radius 2 is 2.00 bits per heavy atom. The largest absolute Gasteiger partial charge is 0.356 e. The van der Waals surface area contributed by atoms with E-state index >= 15 is 0 Å². The van der Waals surface area contributed by atoms with E-state index in [4.69, 9.17) is 0 Å². The normalized spacial score (nSPS) is 10.8. The van der Waals surface area contributed by atoms with Gasteiger partial charge in [0, 0.05) is 24.8 Å². The van der Waals surface area contributed by atoms with Crippen LogP contribution in [0.25, 0.3) is 16.9 Å². The van der Waals surface area contributed by atoms with Crippen molar-refractivity contribution in [3.8, 4) is 5.69 Å². The molecular formula is C18H20N4O. The summed E-state index contributed by atoms with van der Waals surface area (Å²) in [5.41, 5.74) is 3.89. The molecule has 3 aromatic rings. The summed E-state index contributed by atoms with van der Waals surface area (Å²) in [6, 6.07) is 12.0. The van der Waals surface area contributed by atoms with E-state index in [1.54, 1.807) is 12.5 Å². The summed E-state index contributed by atoms with van der Waals surface area (Å²) in [6.45, 7) is 2.80. The van der Waals surface area contributed by atoms with E-state index in [2.05, 4.69) is 27.4 Å². The van der Waals surface area contributed by atoms with Gasteiger partial charge in [-0.15, -0.1) is 0 Å². The first-order valence-corrected chi connectivity index (χ1v) is 7.92. The number of fused-ring (bicyclic) bond motifs is 1. The van der Waals surface area contributed by atoms with Crippen molar-refractivity contribution in [2.24, 2.45) is 0 Å². The Labute approximate surface area is 135 Å². The molecule has 5 nitrogen and oxygen atoms in total. The number of amides is 1. The number of imidazole rings is 1. The molecule has 0 fully saturated rings. The predicted octanol–water partition coefficient (Wildman–Crippen LogP) is 2.88. The van der Waals surface area contributed by atoms with Gasteiger partial charge in [-0.05, 0) is 42.7 Å². The number of nitrogens with one attached hydrogen (secondary N) is 1. The van der Waals surface area contributed by atoms with Crippen molar-refractivity contribution in [2.45, 2.75) is 26.2 Å². The highest BCUT2D eigenvalue weighted by Crippen LogP contribution is 2.16. The number of rotatable bonds is 6. The Bertz CT molecular complexity index is 792. The molecule has 0 aliphatic carbocycles. The number of carbonyl (C=O) groups excluding carboxylic acids is 1. The second-order valence-electron chi connectivity index (χ2n) is 5.48. The van der Waals surface area contributed by atoms with Crippen molar-refractivity contribution in [3.63, 3.8) is 0 Å². The molecule has 0 aliphatic rings. The molecule has 118 valence electrons. The molecule has 3 rings (SSSR count). The number of benzene rings is 1. The molecule has 1 amide bonds. The van der Waals surface area contributed by atoms with Gasteiger partial charge in [0.1, 0.15) is 11.8 Å². The monoisotopic (exact) mass is 308 g/mol. The van der Waals surface area contributed by atoms with Gasteiger partial charge in [0.2, 0.25) is 5.91 Å². The number of carbonyl (C=O) groups is 1. The molecule has 1 N–H and O–H groups in total. The van der Waals surface area contributed by atoms with Crippen LogP contribution in [0.2, 0.25) is 0 Å². The van der Waals surface area contributed by atoms with Crippen LogP contribution in [-0.2, 0) is 11.2 Å². The summed E-state index contributed by atoms with van der Waals surface area (Å²) < 4.78 is 1.97. The number of hydrogen-bond acceptors (Lipinski definition) is 3. The molecule has 2 heterocycles. The molecule has 0 aliphatic heterocycles. The van der Waals surface area contributed by atoms with Gasteiger partial charge in [-0.1, -0.05) is 19.1 Å². The van der Waals surface area contributed by atoms with Crippen LogP contribution in [-0.4, -0.2) is 27.0 Å². The fourth-order valence-corrected chi connectivity index (χ4v) is 2.47. The van der Waals surface area contributed by atoms with Crippen LogP contribution in [0.5, 0.6) is 0 Å². The molecular weight excluding hydrogens is 288 g/mol. The number of aryl methyl sites for hydroxylation is 1. The molecule has 0 radical (unpaired) electrons. The van der Waals surface area contributed by atoms with E-state index in [1.807, 2.05) is 35.8 Å². The van der Waals surface area contributed by atoms with Gasteiger partial charge >= 0.3 is 0 Å². The van der Waals surface area contributed by atoms with Crippen LogP contribution in [0.1, 0.15) is 25.3 Å². The third-order valence-corrected chi connectivity index (χ3v) is 3.73. The average Bonchev–Trinajstić information content (AvgIpc) is 3.02. The summed E-state index contributed by atoms with van der Waals surface area (Å²) in [5.74, 6) is 0.112. The minimum atomic E-state index is 0.112. The van der Waals surface area contributed by atoms with Crippen LogP contribution in [0.4, 0.5) is 0 Å². The minimum absolute atomic E-state index is 0.112.